The number of aryl methyl sites for hydroxylation is 1. The van der Waals surface area contributed by atoms with Crippen molar-refractivity contribution in [3.8, 4) is 0 Å². The molecular weight excluding hydrogens is 330 g/mol. The number of benzene rings is 1. The van der Waals surface area contributed by atoms with Crippen molar-refractivity contribution in [1.29, 1.82) is 0 Å². The Morgan fingerprint density at radius 1 is 1.22 bits per heavy atom. The summed E-state index contributed by atoms with van der Waals surface area (Å²) in [5.41, 5.74) is 1.17. The van der Waals surface area contributed by atoms with E-state index in [0.29, 0.717) is 10.6 Å². The van der Waals surface area contributed by atoms with Gasteiger partial charge < -0.3 is 0 Å². The topological polar surface area (TPSA) is 54.5 Å². The van der Waals surface area contributed by atoms with E-state index >= 15 is 0 Å². The van der Waals surface area contributed by atoms with Crippen LogP contribution in [0.5, 0.6) is 0 Å². The van der Waals surface area contributed by atoms with E-state index in [1.807, 2.05) is 19.1 Å². The van der Waals surface area contributed by atoms with Crippen LogP contribution in [0.15, 0.2) is 29.2 Å². The molecule has 0 fully saturated rings. The van der Waals surface area contributed by atoms with Gasteiger partial charge in [-0.2, -0.15) is 4.31 Å². The van der Waals surface area contributed by atoms with E-state index in [9.17, 15) is 13.2 Å². The molecule has 0 aliphatic carbocycles. The van der Waals surface area contributed by atoms with E-state index in [1.165, 1.54) is 29.6 Å². The van der Waals surface area contributed by atoms with Gasteiger partial charge in [-0.3, -0.25) is 4.79 Å². The van der Waals surface area contributed by atoms with Crippen LogP contribution < -0.4 is 0 Å². The highest BCUT2D eigenvalue weighted by atomic mass is 32.2. The summed E-state index contributed by atoms with van der Waals surface area (Å²) in [5, 5.41) is -0.000852. The van der Waals surface area contributed by atoms with E-state index in [1.54, 1.807) is 19.2 Å². The molecule has 0 spiro atoms. The fraction of sp³-hybridized carbons (Fsp3) is 0.588. The van der Waals surface area contributed by atoms with Crippen LogP contribution in [0.2, 0.25) is 0 Å². The Hall–Kier alpha value is -0.850. The minimum atomic E-state index is -3.52. The molecule has 0 unspecified atom stereocenters. The highest BCUT2D eigenvalue weighted by Gasteiger charge is 2.25. The number of thioether (sulfide) groups is 1. The number of unbranched alkanes of at least 4 members (excludes halogenated alkanes) is 2. The number of carbonyl (C=O) groups is 1. The van der Waals surface area contributed by atoms with Gasteiger partial charge in [0.25, 0.3) is 0 Å². The Bertz CT molecular complexity index is 597. The first-order chi connectivity index (χ1) is 10.8. The molecule has 4 nitrogen and oxygen atoms in total. The zero-order valence-electron chi connectivity index (χ0n) is 14.4. The number of nitrogens with zero attached hydrogens (tertiary/aromatic N) is 1. The molecule has 0 saturated heterocycles. The zero-order valence-corrected chi connectivity index (χ0v) is 16.0. The van der Waals surface area contributed by atoms with Crippen LogP contribution in [0, 0.1) is 0 Å². The number of hydrogen-bond acceptors (Lipinski definition) is 4. The third kappa shape index (κ3) is 6.28. The molecule has 1 atom stereocenters. The van der Waals surface area contributed by atoms with Crippen LogP contribution in [0.4, 0.5) is 0 Å². The summed E-state index contributed by atoms with van der Waals surface area (Å²) in [4.78, 5) is 11.3. The fourth-order valence-electron chi connectivity index (χ4n) is 2.15. The van der Waals surface area contributed by atoms with E-state index in [4.69, 9.17) is 0 Å². The van der Waals surface area contributed by atoms with Gasteiger partial charge in [0.05, 0.1) is 4.90 Å². The van der Waals surface area contributed by atoms with Gasteiger partial charge in [-0.25, -0.2) is 8.42 Å². The second kappa shape index (κ2) is 9.45. The average molecular weight is 358 g/mol. The van der Waals surface area contributed by atoms with Crippen LogP contribution in [0.25, 0.3) is 0 Å². The summed E-state index contributed by atoms with van der Waals surface area (Å²) in [6, 6.07) is 6.91. The zero-order chi connectivity index (χ0) is 17.5. The van der Waals surface area contributed by atoms with Gasteiger partial charge in [-0.15, -0.1) is 0 Å². The molecular formula is C17H27NO3S2. The molecule has 1 rings (SSSR count). The number of hydrogen-bond donors (Lipinski definition) is 0. The maximum Gasteiger partial charge on any atom is 0.243 e. The fourth-order valence-corrected chi connectivity index (χ4v) is 4.31. The van der Waals surface area contributed by atoms with Gasteiger partial charge in [-0.1, -0.05) is 43.7 Å². The van der Waals surface area contributed by atoms with Gasteiger partial charge in [0.2, 0.25) is 10.0 Å². The summed E-state index contributed by atoms with van der Waals surface area (Å²) < 4.78 is 26.6. The van der Waals surface area contributed by atoms with E-state index in [2.05, 4.69) is 6.92 Å². The lowest BCUT2D eigenvalue weighted by Gasteiger charge is -2.23. The van der Waals surface area contributed by atoms with Crippen LogP contribution in [-0.2, 0) is 21.2 Å². The van der Waals surface area contributed by atoms with Crippen molar-refractivity contribution >= 4 is 26.9 Å². The predicted octanol–water partition coefficient (Wildman–Crippen LogP) is 3.71. The average Bonchev–Trinajstić information content (AvgIpc) is 2.52. The summed E-state index contributed by atoms with van der Waals surface area (Å²) in [6.07, 6.45) is 4.47. The lowest BCUT2D eigenvalue weighted by atomic mass is 10.1. The lowest BCUT2D eigenvalue weighted by molar-refractivity contribution is -0.109. The lowest BCUT2D eigenvalue weighted by Crippen LogP contribution is -2.36. The molecule has 0 amide bonds. The van der Waals surface area contributed by atoms with Gasteiger partial charge in [0, 0.05) is 25.8 Å². The van der Waals surface area contributed by atoms with Gasteiger partial charge in [0.1, 0.15) is 0 Å². The Morgan fingerprint density at radius 3 is 2.35 bits per heavy atom. The highest BCUT2D eigenvalue weighted by molar-refractivity contribution is 8.13. The normalized spacial score (nSPS) is 13.3. The van der Waals surface area contributed by atoms with Gasteiger partial charge in [0.15, 0.2) is 5.12 Å². The first-order valence-corrected chi connectivity index (χ1v) is 10.4. The molecule has 6 heteroatoms. The van der Waals surface area contributed by atoms with Crippen molar-refractivity contribution in [1.82, 2.24) is 4.31 Å². The third-order valence-electron chi connectivity index (χ3n) is 3.82. The van der Waals surface area contributed by atoms with Crippen molar-refractivity contribution in [2.45, 2.75) is 57.4 Å². The first kappa shape index (κ1) is 20.2. The minimum absolute atomic E-state index is 0.000852. The maximum absolute atomic E-state index is 12.6. The summed E-state index contributed by atoms with van der Waals surface area (Å²) in [7, 11) is -1.95. The summed E-state index contributed by atoms with van der Waals surface area (Å²) in [6.45, 7) is 5.47. The first-order valence-electron chi connectivity index (χ1n) is 7.99. The Balaban J connectivity index is 2.76. The van der Waals surface area contributed by atoms with Crippen molar-refractivity contribution < 1.29 is 13.2 Å². The number of sulfonamides is 1. The van der Waals surface area contributed by atoms with Crippen LogP contribution in [0.3, 0.4) is 0 Å². The van der Waals surface area contributed by atoms with Gasteiger partial charge >= 0.3 is 0 Å². The standard InChI is InChI=1S/C17H27NO3S2/c1-5-6-7-8-16-9-11-17(12-10-16)23(20,21)18(4)14(2)13-22-15(3)19/h9-12,14H,5-8,13H2,1-4H3/t14-/m1/s1. The molecule has 0 radical (unpaired) electrons. The van der Waals surface area contributed by atoms with Crippen molar-refractivity contribution in [3.05, 3.63) is 29.8 Å². The molecule has 0 aliphatic rings. The monoisotopic (exact) mass is 357 g/mol. The smallest absolute Gasteiger partial charge is 0.243 e. The van der Waals surface area contributed by atoms with E-state index in [-0.39, 0.29) is 11.2 Å². The van der Waals surface area contributed by atoms with Crippen LogP contribution in [-0.4, -0.2) is 36.7 Å². The Labute approximate surface area is 144 Å². The molecule has 0 saturated carbocycles. The molecule has 23 heavy (non-hydrogen) atoms. The number of rotatable bonds is 9. The van der Waals surface area contributed by atoms with Crippen molar-refractivity contribution in [2.24, 2.45) is 0 Å². The Kier molecular flexibility index (Phi) is 8.29. The minimum Gasteiger partial charge on any atom is -0.288 e. The van der Waals surface area contributed by atoms with Gasteiger partial charge in [-0.05, 0) is 37.5 Å². The van der Waals surface area contributed by atoms with Crippen molar-refractivity contribution in [2.75, 3.05) is 12.8 Å². The van der Waals surface area contributed by atoms with Crippen LogP contribution >= 0.6 is 11.8 Å². The second-order valence-electron chi connectivity index (χ2n) is 5.77. The molecule has 0 bridgehead atoms. The number of carbonyl (C=O) groups excluding carboxylic acids is 1. The predicted molar refractivity (Wildman–Crippen MR) is 97.2 cm³/mol. The molecule has 0 heterocycles. The third-order valence-corrected chi connectivity index (χ3v) is 6.86. The van der Waals surface area contributed by atoms with E-state index in [0.717, 1.165) is 24.6 Å². The van der Waals surface area contributed by atoms with Crippen LogP contribution in [0.1, 0.15) is 45.6 Å². The molecule has 1 aromatic carbocycles. The SMILES string of the molecule is CCCCCc1ccc(S(=O)(=O)N(C)[C@H](C)CSC(C)=O)cc1. The highest BCUT2D eigenvalue weighted by Crippen LogP contribution is 2.20. The molecule has 130 valence electrons. The Morgan fingerprint density at radius 2 is 1.83 bits per heavy atom. The molecule has 0 aliphatic heterocycles. The largest absolute Gasteiger partial charge is 0.288 e. The summed E-state index contributed by atoms with van der Waals surface area (Å²) >= 11 is 1.15. The second-order valence-corrected chi connectivity index (χ2v) is 8.97. The van der Waals surface area contributed by atoms with E-state index < -0.39 is 10.0 Å². The quantitative estimate of drug-likeness (QED) is 0.632. The maximum atomic E-state index is 12.6. The molecule has 1 aromatic rings. The molecule has 0 N–H and O–H groups in total. The summed E-state index contributed by atoms with van der Waals surface area (Å²) in [5.74, 6) is 0.458. The van der Waals surface area contributed by atoms with Crippen molar-refractivity contribution in [3.63, 3.8) is 0 Å². The molecule has 0 aromatic heterocycles.